The molecule has 0 radical (unpaired) electrons. The van der Waals surface area contributed by atoms with E-state index in [2.05, 4.69) is 94.8 Å². The Kier molecular flexibility index (Phi) is 5.06. The van der Waals surface area contributed by atoms with Gasteiger partial charge in [-0.15, -0.1) is 0 Å². The molecule has 6 aromatic carbocycles. The first-order valence-electron chi connectivity index (χ1n) is 15.0. The summed E-state index contributed by atoms with van der Waals surface area (Å²) in [6.45, 7) is 20.0. The van der Waals surface area contributed by atoms with Crippen molar-refractivity contribution in [1.82, 2.24) is 4.57 Å². The summed E-state index contributed by atoms with van der Waals surface area (Å²) in [5.74, 6) is 0. The van der Waals surface area contributed by atoms with Crippen LogP contribution in [-0.2, 0) is 5.41 Å². The van der Waals surface area contributed by atoms with Gasteiger partial charge in [0, 0.05) is 27.1 Å². The highest BCUT2D eigenvalue weighted by molar-refractivity contribution is 6.12. The van der Waals surface area contributed by atoms with Crippen LogP contribution < -0.4 is 0 Å². The molecule has 0 saturated heterocycles. The quantitative estimate of drug-likeness (QED) is 0.188. The second kappa shape index (κ2) is 8.96. The Balaban J connectivity index is 1.31. The minimum atomic E-state index is -0.178. The van der Waals surface area contributed by atoms with Gasteiger partial charge in [0.25, 0.3) is 0 Å². The number of hydrogen-bond acceptors (Lipinski definition) is 1. The molecule has 4 nitrogen and oxygen atoms in total. The van der Waals surface area contributed by atoms with Gasteiger partial charge in [0.1, 0.15) is 11.2 Å². The van der Waals surface area contributed by atoms with Gasteiger partial charge in [-0.3, -0.25) is 0 Å². The summed E-state index contributed by atoms with van der Waals surface area (Å²) >= 11 is 0. The molecule has 0 aliphatic heterocycles. The summed E-state index contributed by atoms with van der Waals surface area (Å²) in [5, 5.41) is 4.28. The van der Waals surface area contributed by atoms with Gasteiger partial charge in [0.15, 0.2) is 11.4 Å². The SMILES string of the molecule is [C-]#[N+]c1ccc(-n2c3ccccc3c3cc([N+]#[C-])ccc32)c(-c2ccc3oc4c5c(ccc4c3c2)-c2ccccc2C5(C)C)c1. The third kappa shape index (κ3) is 3.40. The zero-order chi connectivity index (χ0) is 30.4. The van der Waals surface area contributed by atoms with Crippen molar-refractivity contribution in [3.05, 3.63) is 149 Å². The maximum atomic E-state index is 7.81. The number of nitrogens with zero attached hydrogens (tertiary/aromatic N) is 3. The minimum absolute atomic E-state index is 0.178. The van der Waals surface area contributed by atoms with Crippen LogP contribution in [-0.4, -0.2) is 4.57 Å². The molecule has 9 rings (SSSR count). The van der Waals surface area contributed by atoms with Crippen molar-refractivity contribution in [3.8, 4) is 27.9 Å². The molecule has 1 aliphatic carbocycles. The number of hydrogen-bond donors (Lipinski definition) is 0. The Bertz CT molecular complexity index is 2650. The van der Waals surface area contributed by atoms with Crippen LogP contribution in [0.4, 0.5) is 11.4 Å². The van der Waals surface area contributed by atoms with Crippen molar-refractivity contribution < 1.29 is 4.42 Å². The van der Waals surface area contributed by atoms with Crippen LogP contribution in [0.1, 0.15) is 25.0 Å². The predicted octanol–water partition coefficient (Wildman–Crippen LogP) is 11.8. The van der Waals surface area contributed by atoms with Crippen LogP contribution >= 0.6 is 0 Å². The van der Waals surface area contributed by atoms with E-state index in [1.807, 2.05) is 48.5 Å². The molecule has 45 heavy (non-hydrogen) atoms. The predicted molar refractivity (Wildman–Crippen MR) is 184 cm³/mol. The Labute approximate surface area is 260 Å². The number of rotatable bonds is 2. The lowest BCUT2D eigenvalue weighted by molar-refractivity contribution is 0.620. The summed E-state index contributed by atoms with van der Waals surface area (Å²) in [6, 6.07) is 39.6. The van der Waals surface area contributed by atoms with Gasteiger partial charge in [-0.25, -0.2) is 9.69 Å². The first kappa shape index (κ1) is 25.4. The van der Waals surface area contributed by atoms with Gasteiger partial charge in [0.2, 0.25) is 0 Å². The van der Waals surface area contributed by atoms with Gasteiger partial charge < -0.3 is 8.98 Å². The van der Waals surface area contributed by atoms with E-state index in [1.165, 1.54) is 22.3 Å². The molecule has 0 atom stereocenters. The number of para-hydroxylation sites is 1. The Morgan fingerprint density at radius 2 is 1.36 bits per heavy atom. The highest BCUT2D eigenvalue weighted by Gasteiger charge is 2.38. The molecule has 0 spiro atoms. The highest BCUT2D eigenvalue weighted by atomic mass is 16.3. The highest BCUT2D eigenvalue weighted by Crippen LogP contribution is 2.52. The van der Waals surface area contributed by atoms with E-state index in [9.17, 15) is 0 Å². The first-order valence-corrected chi connectivity index (χ1v) is 15.0. The Morgan fingerprint density at radius 1 is 0.600 bits per heavy atom. The fourth-order valence-electron chi connectivity index (χ4n) is 7.56. The van der Waals surface area contributed by atoms with E-state index in [1.54, 1.807) is 0 Å². The third-order valence-electron chi connectivity index (χ3n) is 9.60. The largest absolute Gasteiger partial charge is 0.456 e. The molecule has 0 bridgehead atoms. The van der Waals surface area contributed by atoms with Gasteiger partial charge in [-0.2, -0.15) is 0 Å². The number of furan rings is 1. The fourth-order valence-corrected chi connectivity index (χ4v) is 7.56. The molecule has 2 heterocycles. The topological polar surface area (TPSA) is 26.8 Å². The maximum Gasteiger partial charge on any atom is 0.188 e. The van der Waals surface area contributed by atoms with E-state index in [4.69, 9.17) is 17.6 Å². The second-order valence-electron chi connectivity index (χ2n) is 12.3. The van der Waals surface area contributed by atoms with Crippen molar-refractivity contribution in [3.63, 3.8) is 0 Å². The first-order chi connectivity index (χ1) is 22.0. The maximum absolute atomic E-state index is 7.81. The molecule has 1 aliphatic rings. The molecular weight excluding hydrogens is 550 g/mol. The normalized spacial score (nSPS) is 13.2. The van der Waals surface area contributed by atoms with E-state index in [0.29, 0.717) is 11.4 Å². The fraction of sp³-hybridized carbons (Fsp3) is 0.0732. The van der Waals surface area contributed by atoms with Gasteiger partial charge in [0.05, 0.1) is 29.9 Å². The van der Waals surface area contributed by atoms with Gasteiger partial charge in [-0.05, 0) is 81.7 Å². The lowest BCUT2D eigenvalue weighted by atomic mass is 9.82. The molecule has 2 aromatic heterocycles. The number of benzene rings is 6. The number of fused-ring (bicyclic) bond motifs is 10. The lowest BCUT2D eigenvalue weighted by Gasteiger charge is -2.21. The van der Waals surface area contributed by atoms with Crippen molar-refractivity contribution in [2.24, 2.45) is 0 Å². The summed E-state index contributed by atoms with van der Waals surface area (Å²) in [5.41, 5.74) is 12.9. The average molecular weight is 576 g/mol. The summed E-state index contributed by atoms with van der Waals surface area (Å²) in [7, 11) is 0. The molecular formula is C41H25N3O. The van der Waals surface area contributed by atoms with E-state index in [-0.39, 0.29) is 5.41 Å². The van der Waals surface area contributed by atoms with Crippen molar-refractivity contribution in [2.45, 2.75) is 19.3 Å². The summed E-state index contributed by atoms with van der Waals surface area (Å²) in [4.78, 5) is 7.48. The zero-order valence-electron chi connectivity index (χ0n) is 24.7. The lowest BCUT2D eigenvalue weighted by Crippen LogP contribution is -2.15. The van der Waals surface area contributed by atoms with Gasteiger partial charge in [-0.1, -0.05) is 80.6 Å². The summed E-state index contributed by atoms with van der Waals surface area (Å²) < 4.78 is 8.92. The zero-order valence-corrected chi connectivity index (χ0v) is 24.7. The van der Waals surface area contributed by atoms with Crippen LogP contribution in [0.2, 0.25) is 0 Å². The van der Waals surface area contributed by atoms with Crippen LogP contribution in [0.5, 0.6) is 0 Å². The Morgan fingerprint density at radius 3 is 2.22 bits per heavy atom. The van der Waals surface area contributed by atoms with E-state index >= 15 is 0 Å². The third-order valence-corrected chi connectivity index (χ3v) is 9.60. The number of aromatic nitrogens is 1. The minimum Gasteiger partial charge on any atom is -0.456 e. The van der Waals surface area contributed by atoms with Crippen LogP contribution in [0.3, 0.4) is 0 Å². The monoisotopic (exact) mass is 575 g/mol. The van der Waals surface area contributed by atoms with Crippen molar-refractivity contribution >= 4 is 55.1 Å². The second-order valence-corrected chi connectivity index (χ2v) is 12.3. The smallest absolute Gasteiger partial charge is 0.188 e. The summed E-state index contributed by atoms with van der Waals surface area (Å²) in [6.07, 6.45) is 0. The van der Waals surface area contributed by atoms with E-state index in [0.717, 1.165) is 60.6 Å². The Hall–Kier alpha value is -6.10. The molecule has 0 fully saturated rings. The van der Waals surface area contributed by atoms with Crippen LogP contribution in [0.25, 0.3) is 81.4 Å². The molecule has 0 amide bonds. The molecule has 0 N–H and O–H groups in total. The molecule has 210 valence electrons. The van der Waals surface area contributed by atoms with Crippen molar-refractivity contribution in [2.75, 3.05) is 0 Å². The van der Waals surface area contributed by atoms with Crippen LogP contribution in [0.15, 0.2) is 120 Å². The molecule has 8 aromatic rings. The molecule has 4 heteroatoms. The molecule has 0 unspecified atom stereocenters. The van der Waals surface area contributed by atoms with Crippen LogP contribution in [0, 0.1) is 13.1 Å². The van der Waals surface area contributed by atoms with Crippen molar-refractivity contribution in [1.29, 1.82) is 0 Å². The standard InChI is InChI=1S/C41H25N3O/c1-41(2)34-11-7-5-9-27(34)29-16-17-30-33-21-24(13-20-38(33)45-40(30)39(29)41)31-22-25(42-3)14-18-36(31)44-35-12-8-6-10-28(35)32-23-26(43-4)15-19-37(32)44/h5-23H,1-2H3. The van der Waals surface area contributed by atoms with E-state index < -0.39 is 0 Å². The molecule has 0 saturated carbocycles. The average Bonchev–Trinajstić information content (AvgIpc) is 3.69. The van der Waals surface area contributed by atoms with Gasteiger partial charge >= 0.3 is 0 Å².